The topological polar surface area (TPSA) is 138 Å². The summed E-state index contributed by atoms with van der Waals surface area (Å²) in [5.41, 5.74) is 1.98. The highest BCUT2D eigenvalue weighted by molar-refractivity contribution is 5.90. The Bertz CT molecular complexity index is 1500. The van der Waals surface area contributed by atoms with Gasteiger partial charge in [-0.2, -0.15) is 0 Å². The summed E-state index contributed by atoms with van der Waals surface area (Å²) in [5.74, 6) is 1.10. The van der Waals surface area contributed by atoms with Crippen LogP contribution in [0, 0.1) is 23.7 Å². The normalized spacial score (nSPS) is 24.0. The largest absolute Gasteiger partial charge is 0.467 e. The second-order valence-electron chi connectivity index (χ2n) is 12.8. The first-order valence-corrected chi connectivity index (χ1v) is 16.0. The Morgan fingerprint density at radius 2 is 1.46 bits per heavy atom. The third-order valence-corrected chi connectivity index (χ3v) is 9.54. The van der Waals surface area contributed by atoms with E-state index in [-0.39, 0.29) is 25.6 Å². The molecule has 1 heterocycles. The quantitative estimate of drug-likeness (QED) is 0.235. The standard InChI is InChI=1S/C35H40N4O7/c1-44-33(41)30(17-22-8-4-2-5-9-22)37-32(40)29(38-34(42)45-20-23-10-6-3-7-11-23)18-28-19-39(21-36-28)35(43)46-31-26-13-24-12-25(15-26)16-27(31)14-24/h2-11,19,21,24-27,29-31H,12-18,20H2,1H3,(H,37,40)(H,38,42)/t24?,25?,26?,27?,29-,30-,31?/m0/s1. The van der Waals surface area contributed by atoms with Gasteiger partial charge < -0.3 is 24.8 Å². The summed E-state index contributed by atoms with van der Waals surface area (Å²) in [7, 11) is 1.25. The van der Waals surface area contributed by atoms with Gasteiger partial charge in [0.2, 0.25) is 5.91 Å². The Morgan fingerprint density at radius 1 is 0.826 bits per heavy atom. The number of aromatic nitrogens is 2. The number of carbonyl (C=O) groups excluding carboxylic acids is 4. The van der Waals surface area contributed by atoms with Gasteiger partial charge in [-0.1, -0.05) is 60.7 Å². The van der Waals surface area contributed by atoms with Crippen LogP contribution in [0.3, 0.4) is 0 Å². The highest BCUT2D eigenvalue weighted by Gasteiger charge is 2.50. The lowest BCUT2D eigenvalue weighted by molar-refractivity contribution is -0.145. The SMILES string of the molecule is COC(=O)[C@H](Cc1ccccc1)NC(=O)[C@H](Cc1cn(C(=O)OC2C3CC4CC(C3)CC2C4)cn1)NC(=O)OCc1ccccc1. The van der Waals surface area contributed by atoms with Crippen LogP contribution in [0.2, 0.25) is 0 Å². The lowest BCUT2D eigenvalue weighted by atomic mass is 9.55. The predicted octanol–water partition coefficient (Wildman–Crippen LogP) is 4.43. The van der Waals surface area contributed by atoms with Gasteiger partial charge in [0.25, 0.3) is 0 Å². The number of ether oxygens (including phenoxy) is 3. The Labute approximate surface area is 268 Å². The van der Waals surface area contributed by atoms with Crippen LogP contribution in [0.1, 0.15) is 48.9 Å². The molecule has 0 unspecified atom stereocenters. The first-order chi connectivity index (χ1) is 22.3. The molecule has 7 rings (SSSR count). The first-order valence-electron chi connectivity index (χ1n) is 16.0. The molecule has 0 aliphatic heterocycles. The predicted molar refractivity (Wildman–Crippen MR) is 166 cm³/mol. The molecule has 46 heavy (non-hydrogen) atoms. The number of methoxy groups -OCH3 is 1. The van der Waals surface area contributed by atoms with Crippen molar-refractivity contribution in [2.45, 2.75) is 69.7 Å². The molecule has 2 N–H and O–H groups in total. The van der Waals surface area contributed by atoms with E-state index in [1.54, 1.807) is 0 Å². The van der Waals surface area contributed by atoms with Gasteiger partial charge in [0.15, 0.2) is 0 Å². The van der Waals surface area contributed by atoms with Crippen molar-refractivity contribution in [1.82, 2.24) is 20.2 Å². The Morgan fingerprint density at radius 3 is 2.09 bits per heavy atom. The zero-order valence-corrected chi connectivity index (χ0v) is 25.9. The van der Waals surface area contributed by atoms with E-state index in [0.717, 1.165) is 48.6 Å². The van der Waals surface area contributed by atoms with Crippen molar-refractivity contribution in [3.8, 4) is 0 Å². The zero-order valence-electron chi connectivity index (χ0n) is 25.9. The van der Waals surface area contributed by atoms with E-state index in [4.69, 9.17) is 14.2 Å². The van der Waals surface area contributed by atoms with E-state index in [0.29, 0.717) is 17.5 Å². The third kappa shape index (κ3) is 7.58. The van der Waals surface area contributed by atoms with E-state index < -0.39 is 36.1 Å². The van der Waals surface area contributed by atoms with Crippen molar-refractivity contribution in [3.05, 3.63) is 90.0 Å². The van der Waals surface area contributed by atoms with Gasteiger partial charge in [0.1, 0.15) is 31.1 Å². The number of benzene rings is 2. The number of nitrogens with zero attached hydrogens (tertiary/aromatic N) is 2. The maximum atomic E-state index is 13.6. The number of esters is 1. The van der Waals surface area contributed by atoms with Crippen LogP contribution in [-0.2, 0) is 43.2 Å². The van der Waals surface area contributed by atoms with Crippen molar-refractivity contribution < 1.29 is 33.4 Å². The molecule has 11 nitrogen and oxygen atoms in total. The number of hydrogen-bond donors (Lipinski definition) is 2. The minimum atomic E-state index is -1.17. The van der Waals surface area contributed by atoms with Crippen LogP contribution in [0.4, 0.5) is 9.59 Å². The highest BCUT2D eigenvalue weighted by atomic mass is 16.6. The van der Waals surface area contributed by atoms with Gasteiger partial charge in [-0.25, -0.2) is 23.9 Å². The fourth-order valence-corrected chi connectivity index (χ4v) is 7.60. The molecule has 2 atom stereocenters. The number of nitrogens with one attached hydrogen (secondary N) is 2. The monoisotopic (exact) mass is 628 g/mol. The number of amides is 2. The fraction of sp³-hybridized carbons (Fsp3) is 0.457. The molecular formula is C35H40N4O7. The Balaban J connectivity index is 1.13. The van der Waals surface area contributed by atoms with Crippen LogP contribution in [0.5, 0.6) is 0 Å². The van der Waals surface area contributed by atoms with Crippen LogP contribution in [-0.4, -0.2) is 58.9 Å². The lowest BCUT2D eigenvalue weighted by Gasteiger charge is -2.53. The Kier molecular flexibility index (Phi) is 9.65. The summed E-state index contributed by atoms with van der Waals surface area (Å²) in [6.07, 6.45) is 7.42. The molecule has 0 radical (unpaired) electrons. The number of rotatable bonds is 11. The summed E-state index contributed by atoms with van der Waals surface area (Å²) in [5, 5.41) is 5.33. The van der Waals surface area contributed by atoms with Crippen LogP contribution < -0.4 is 10.6 Å². The summed E-state index contributed by atoms with van der Waals surface area (Å²) >= 11 is 0. The molecule has 3 aromatic rings. The minimum absolute atomic E-state index is 0.00488. The van der Waals surface area contributed by atoms with Crippen molar-refractivity contribution in [2.75, 3.05) is 7.11 Å². The molecule has 4 aliphatic carbocycles. The number of imidazole rings is 1. The molecular weight excluding hydrogens is 588 g/mol. The fourth-order valence-electron chi connectivity index (χ4n) is 7.60. The summed E-state index contributed by atoms with van der Waals surface area (Å²) in [4.78, 5) is 56.6. The van der Waals surface area contributed by atoms with Gasteiger partial charge in [0, 0.05) is 19.0 Å². The minimum Gasteiger partial charge on any atom is -0.467 e. The number of hydrogen-bond acceptors (Lipinski definition) is 8. The average molecular weight is 629 g/mol. The maximum absolute atomic E-state index is 13.6. The van der Waals surface area contributed by atoms with Gasteiger partial charge in [-0.15, -0.1) is 0 Å². The first kappa shape index (κ1) is 31.3. The van der Waals surface area contributed by atoms with E-state index in [1.165, 1.54) is 30.6 Å². The van der Waals surface area contributed by atoms with Gasteiger partial charge >= 0.3 is 18.2 Å². The summed E-state index contributed by atoms with van der Waals surface area (Å²) < 4.78 is 17.6. The summed E-state index contributed by atoms with van der Waals surface area (Å²) in [6, 6.07) is 16.2. The van der Waals surface area contributed by atoms with Gasteiger partial charge in [-0.3, -0.25) is 4.79 Å². The molecule has 0 saturated heterocycles. The molecule has 0 spiro atoms. The molecule has 2 amide bonds. The van der Waals surface area contributed by atoms with Crippen LogP contribution in [0.25, 0.3) is 0 Å². The molecule has 11 heteroatoms. The second kappa shape index (κ2) is 14.2. The molecule has 1 aromatic heterocycles. The number of carbonyl (C=O) groups is 4. The van der Waals surface area contributed by atoms with E-state index >= 15 is 0 Å². The Hall–Kier alpha value is -4.67. The highest BCUT2D eigenvalue weighted by Crippen LogP contribution is 2.54. The molecule has 4 fully saturated rings. The van der Waals surface area contributed by atoms with Crippen molar-refractivity contribution >= 4 is 24.1 Å². The number of alkyl carbamates (subject to hydrolysis) is 1. The van der Waals surface area contributed by atoms with Gasteiger partial charge in [0.05, 0.1) is 12.8 Å². The smallest absolute Gasteiger partial charge is 0.419 e. The zero-order chi connectivity index (χ0) is 32.0. The molecule has 2 aromatic carbocycles. The average Bonchev–Trinajstić information content (AvgIpc) is 3.54. The van der Waals surface area contributed by atoms with Crippen molar-refractivity contribution in [2.24, 2.45) is 23.7 Å². The van der Waals surface area contributed by atoms with E-state index in [1.807, 2.05) is 60.7 Å². The van der Waals surface area contributed by atoms with E-state index in [9.17, 15) is 19.2 Å². The molecule has 4 aliphatic rings. The second-order valence-corrected chi connectivity index (χ2v) is 12.8. The third-order valence-electron chi connectivity index (χ3n) is 9.54. The summed E-state index contributed by atoms with van der Waals surface area (Å²) in [6.45, 7) is 0.00488. The van der Waals surface area contributed by atoms with Gasteiger partial charge in [-0.05, 0) is 66.9 Å². The lowest BCUT2D eigenvalue weighted by Crippen LogP contribution is -2.53. The van der Waals surface area contributed by atoms with E-state index in [2.05, 4.69) is 15.6 Å². The van der Waals surface area contributed by atoms with Crippen molar-refractivity contribution in [3.63, 3.8) is 0 Å². The molecule has 4 bridgehead atoms. The van der Waals surface area contributed by atoms with Crippen molar-refractivity contribution in [1.29, 1.82) is 0 Å². The maximum Gasteiger partial charge on any atom is 0.419 e. The molecule has 242 valence electrons. The van der Waals surface area contributed by atoms with Crippen LogP contribution >= 0.6 is 0 Å². The van der Waals surface area contributed by atoms with Crippen LogP contribution in [0.15, 0.2) is 73.2 Å². The molecule has 4 saturated carbocycles.